The van der Waals surface area contributed by atoms with Crippen LogP contribution in [0.5, 0.6) is 5.88 Å². The summed E-state index contributed by atoms with van der Waals surface area (Å²) in [4.78, 5) is 12.1. The van der Waals surface area contributed by atoms with Gasteiger partial charge in [-0.2, -0.15) is 0 Å². The van der Waals surface area contributed by atoms with Crippen molar-refractivity contribution < 1.29 is 19.4 Å². The fourth-order valence-electron chi connectivity index (χ4n) is 2.79. The third-order valence-corrected chi connectivity index (χ3v) is 3.90. The molecular weight excluding hydrogens is 324 g/mol. The second-order valence-electron chi connectivity index (χ2n) is 5.33. The van der Waals surface area contributed by atoms with Crippen LogP contribution >= 0.6 is 0 Å². The van der Waals surface area contributed by atoms with E-state index >= 15 is 0 Å². The maximum atomic E-state index is 12.1. The highest BCUT2D eigenvalue weighted by Crippen LogP contribution is 2.28. The van der Waals surface area contributed by atoms with Crippen LogP contribution in [0.4, 0.5) is 0 Å². The molecule has 0 radical (unpaired) electrons. The molecule has 8 nitrogen and oxygen atoms in total. The molecule has 0 atom stereocenters. The van der Waals surface area contributed by atoms with E-state index < -0.39 is 5.97 Å². The second-order valence-corrected chi connectivity index (χ2v) is 5.33. The minimum Gasteiger partial charge on any atom is -0.473 e. The number of nitrogens with zero attached hydrogens (tertiary/aromatic N) is 4. The Labute approximate surface area is 141 Å². The van der Waals surface area contributed by atoms with E-state index in [-0.39, 0.29) is 30.3 Å². The van der Waals surface area contributed by atoms with Crippen LogP contribution in [0.1, 0.15) is 10.4 Å². The monoisotopic (exact) mass is 338 g/mol. The molecule has 1 N–H and O–H groups in total. The number of aromatic nitrogens is 4. The molecule has 0 aliphatic carbocycles. The van der Waals surface area contributed by atoms with Crippen molar-refractivity contribution in [2.45, 2.75) is 0 Å². The Morgan fingerprint density at radius 2 is 2.04 bits per heavy atom. The predicted octanol–water partition coefficient (Wildman–Crippen LogP) is 1.59. The van der Waals surface area contributed by atoms with Gasteiger partial charge in [0.2, 0.25) is 0 Å². The van der Waals surface area contributed by atoms with Crippen molar-refractivity contribution in [1.29, 1.82) is 0 Å². The first-order chi connectivity index (χ1) is 12.2. The molecule has 0 fully saturated rings. The Hall–Kier alpha value is -3.26. The maximum Gasteiger partial charge on any atom is 0.347 e. The Bertz CT molecular complexity index is 1110. The molecule has 0 aliphatic rings. The van der Waals surface area contributed by atoms with Gasteiger partial charge in [0.25, 0.3) is 5.88 Å². The van der Waals surface area contributed by atoms with Crippen LogP contribution < -0.4 is 4.74 Å². The molecule has 0 saturated heterocycles. The predicted molar refractivity (Wildman–Crippen MR) is 89.7 cm³/mol. The SMILES string of the molecule is COC(=O)c1c(OCCO)nn2c1nnc1c3ccccc3ccc12. The molecule has 2 heterocycles. The van der Waals surface area contributed by atoms with Crippen molar-refractivity contribution in [3.05, 3.63) is 42.0 Å². The first-order valence-corrected chi connectivity index (χ1v) is 7.63. The minimum absolute atomic E-state index is 0.00215. The number of aliphatic hydroxyl groups is 1. The largest absolute Gasteiger partial charge is 0.473 e. The Morgan fingerprint density at radius 1 is 1.20 bits per heavy atom. The molecule has 4 rings (SSSR count). The zero-order chi connectivity index (χ0) is 17.4. The summed E-state index contributed by atoms with van der Waals surface area (Å²) in [7, 11) is 1.27. The van der Waals surface area contributed by atoms with Gasteiger partial charge in [0.05, 0.1) is 19.2 Å². The van der Waals surface area contributed by atoms with E-state index in [0.29, 0.717) is 11.0 Å². The Balaban J connectivity index is 2.05. The molecule has 0 bridgehead atoms. The highest BCUT2D eigenvalue weighted by Gasteiger charge is 2.25. The molecule has 8 heteroatoms. The summed E-state index contributed by atoms with van der Waals surface area (Å²) in [5, 5.41) is 23.7. The van der Waals surface area contributed by atoms with Crippen LogP contribution in [0, 0.1) is 0 Å². The second kappa shape index (κ2) is 5.99. The summed E-state index contributed by atoms with van der Waals surface area (Å²) in [5.41, 5.74) is 1.67. The number of benzene rings is 2. The van der Waals surface area contributed by atoms with E-state index in [0.717, 1.165) is 10.8 Å². The van der Waals surface area contributed by atoms with Gasteiger partial charge in [-0.15, -0.1) is 15.3 Å². The van der Waals surface area contributed by atoms with Gasteiger partial charge in [0.15, 0.2) is 11.2 Å². The van der Waals surface area contributed by atoms with Crippen LogP contribution in [0.25, 0.3) is 27.5 Å². The summed E-state index contributed by atoms with van der Waals surface area (Å²) in [6.07, 6.45) is 0. The summed E-state index contributed by atoms with van der Waals surface area (Å²) < 4.78 is 11.7. The number of hydrogen-bond acceptors (Lipinski definition) is 7. The van der Waals surface area contributed by atoms with Gasteiger partial charge >= 0.3 is 5.97 Å². The van der Waals surface area contributed by atoms with E-state index in [1.807, 2.05) is 36.4 Å². The van der Waals surface area contributed by atoms with Crippen molar-refractivity contribution >= 4 is 33.4 Å². The molecule has 2 aromatic heterocycles. The summed E-state index contributed by atoms with van der Waals surface area (Å²) in [6, 6.07) is 11.6. The first-order valence-electron chi connectivity index (χ1n) is 7.63. The fourth-order valence-corrected chi connectivity index (χ4v) is 2.79. The lowest BCUT2D eigenvalue weighted by Gasteiger charge is -2.04. The van der Waals surface area contributed by atoms with Crippen LogP contribution in [-0.4, -0.2) is 51.2 Å². The van der Waals surface area contributed by atoms with E-state index in [1.165, 1.54) is 11.6 Å². The molecule has 25 heavy (non-hydrogen) atoms. The molecular formula is C17H14N4O4. The van der Waals surface area contributed by atoms with Crippen LogP contribution in [0.2, 0.25) is 0 Å². The number of rotatable bonds is 4. The van der Waals surface area contributed by atoms with E-state index in [2.05, 4.69) is 15.3 Å². The van der Waals surface area contributed by atoms with E-state index in [1.54, 1.807) is 0 Å². The van der Waals surface area contributed by atoms with Crippen molar-refractivity contribution in [3.8, 4) is 5.88 Å². The van der Waals surface area contributed by atoms with E-state index in [4.69, 9.17) is 14.6 Å². The Morgan fingerprint density at radius 3 is 2.84 bits per heavy atom. The number of carbonyl (C=O) groups is 1. The summed E-state index contributed by atoms with van der Waals surface area (Å²) in [6.45, 7) is -0.201. The average Bonchev–Trinajstić information content (AvgIpc) is 3.04. The highest BCUT2D eigenvalue weighted by molar-refractivity contribution is 6.05. The standard InChI is InChI=1S/C17H14N4O4/c1-24-17(23)13-15-19-18-14-11-5-3-2-4-10(11)6-7-12(14)21(15)20-16(13)25-9-8-22/h2-7,22H,8-9H2,1H3. The van der Waals surface area contributed by atoms with Gasteiger partial charge < -0.3 is 14.6 Å². The van der Waals surface area contributed by atoms with Crippen molar-refractivity contribution in [2.75, 3.05) is 20.3 Å². The number of methoxy groups -OCH3 is 1. The number of fused-ring (bicyclic) bond motifs is 5. The third kappa shape index (κ3) is 2.34. The summed E-state index contributed by atoms with van der Waals surface area (Å²) >= 11 is 0. The van der Waals surface area contributed by atoms with Gasteiger partial charge in [-0.1, -0.05) is 30.3 Å². The maximum absolute atomic E-state index is 12.1. The van der Waals surface area contributed by atoms with Crippen LogP contribution in [-0.2, 0) is 4.74 Å². The van der Waals surface area contributed by atoms with Crippen LogP contribution in [0.15, 0.2) is 36.4 Å². The van der Waals surface area contributed by atoms with Crippen molar-refractivity contribution in [2.24, 2.45) is 0 Å². The first kappa shape index (κ1) is 15.3. The molecule has 0 aliphatic heterocycles. The topological polar surface area (TPSA) is 98.8 Å². The lowest BCUT2D eigenvalue weighted by molar-refractivity contribution is 0.0596. The molecule has 0 spiro atoms. The molecule has 2 aromatic carbocycles. The fraction of sp³-hybridized carbons (Fsp3) is 0.176. The lowest BCUT2D eigenvalue weighted by Crippen LogP contribution is -2.08. The van der Waals surface area contributed by atoms with Gasteiger partial charge in [-0.25, -0.2) is 9.31 Å². The van der Waals surface area contributed by atoms with E-state index in [9.17, 15) is 4.79 Å². The number of ether oxygens (including phenoxy) is 2. The lowest BCUT2D eigenvalue weighted by atomic mass is 10.1. The molecule has 4 aromatic rings. The van der Waals surface area contributed by atoms with Gasteiger partial charge in [-0.3, -0.25) is 0 Å². The molecule has 0 unspecified atom stereocenters. The number of aliphatic hydroxyl groups excluding tert-OH is 1. The zero-order valence-electron chi connectivity index (χ0n) is 13.3. The van der Waals surface area contributed by atoms with Crippen LogP contribution in [0.3, 0.4) is 0 Å². The van der Waals surface area contributed by atoms with Gasteiger partial charge in [-0.05, 0) is 11.5 Å². The van der Waals surface area contributed by atoms with Gasteiger partial charge in [0.1, 0.15) is 12.1 Å². The number of carbonyl (C=O) groups excluding carboxylic acids is 1. The third-order valence-electron chi connectivity index (χ3n) is 3.90. The quantitative estimate of drug-likeness (QED) is 0.445. The number of hydrogen-bond donors (Lipinski definition) is 1. The average molecular weight is 338 g/mol. The number of esters is 1. The van der Waals surface area contributed by atoms with Gasteiger partial charge in [0, 0.05) is 5.39 Å². The van der Waals surface area contributed by atoms with Crippen molar-refractivity contribution in [1.82, 2.24) is 19.8 Å². The zero-order valence-corrected chi connectivity index (χ0v) is 13.3. The normalized spacial score (nSPS) is 11.3. The Kier molecular flexibility index (Phi) is 3.66. The van der Waals surface area contributed by atoms with Crippen molar-refractivity contribution in [3.63, 3.8) is 0 Å². The molecule has 0 saturated carbocycles. The highest BCUT2D eigenvalue weighted by atomic mass is 16.5. The minimum atomic E-state index is -0.627. The molecule has 0 amide bonds. The smallest absolute Gasteiger partial charge is 0.347 e. The molecule has 126 valence electrons. The summed E-state index contributed by atoms with van der Waals surface area (Å²) in [5.74, 6) is -0.576.